The third-order valence-electron chi connectivity index (χ3n) is 7.98. The smallest absolute Gasteiger partial charge is 0.224 e. The minimum atomic E-state index is 0.211. The highest BCUT2D eigenvalue weighted by atomic mass is 79.9. The number of benzene rings is 1. The van der Waals surface area contributed by atoms with E-state index in [4.69, 9.17) is 0 Å². The van der Waals surface area contributed by atoms with Crippen LogP contribution in [0.15, 0.2) is 24.3 Å². The van der Waals surface area contributed by atoms with Gasteiger partial charge in [-0.15, -0.1) is 0 Å². The minimum Gasteiger partial charge on any atom is -0.367 e. The first-order chi connectivity index (χ1) is 14.0. The van der Waals surface area contributed by atoms with Crippen LogP contribution in [0, 0.1) is 17.3 Å². The number of carbonyl (C=O) groups is 1. The van der Waals surface area contributed by atoms with Crippen LogP contribution in [-0.2, 0) is 4.79 Å². The Kier molecular flexibility index (Phi) is 5.18. The second-order valence-electron chi connectivity index (χ2n) is 10.3. The number of para-hydroxylation sites is 2. The molecular weight excluding hydrogens is 426 g/mol. The summed E-state index contributed by atoms with van der Waals surface area (Å²) < 4.78 is 0.314. The van der Waals surface area contributed by atoms with Crippen molar-refractivity contribution in [1.29, 1.82) is 0 Å². The first kappa shape index (κ1) is 19.9. The molecule has 4 nitrogen and oxygen atoms in total. The van der Waals surface area contributed by atoms with Gasteiger partial charge in [0.15, 0.2) is 0 Å². The first-order valence-corrected chi connectivity index (χ1v) is 12.3. The van der Waals surface area contributed by atoms with Gasteiger partial charge in [-0.25, -0.2) is 0 Å². The number of likely N-dealkylation sites (N-methyl/N-ethyl adjacent to an activating group) is 1. The van der Waals surface area contributed by atoms with Crippen LogP contribution in [0.3, 0.4) is 0 Å². The molecule has 4 bridgehead atoms. The Morgan fingerprint density at radius 2 is 1.79 bits per heavy atom. The molecule has 0 aromatic heterocycles. The lowest BCUT2D eigenvalue weighted by atomic mass is 9.48. The zero-order valence-corrected chi connectivity index (χ0v) is 19.2. The van der Waals surface area contributed by atoms with Gasteiger partial charge in [-0.05, 0) is 74.5 Å². The van der Waals surface area contributed by atoms with Crippen LogP contribution in [0.2, 0.25) is 0 Å². The average molecular weight is 460 g/mol. The van der Waals surface area contributed by atoms with Gasteiger partial charge < -0.3 is 15.1 Å². The van der Waals surface area contributed by atoms with Crippen molar-refractivity contribution in [3.05, 3.63) is 24.3 Å². The number of anilines is 2. The lowest BCUT2D eigenvalue weighted by molar-refractivity contribution is -0.123. The standard InChI is InChI=1S/C24H34BrN3O/c1-2-27-7-9-28(10-8-27)21-6-4-3-5-20(21)26-22(29)16-23-12-18-11-19(13-23)15-24(25,14-18)17-23/h3-6,18-19H,2,7-17H2,1H3,(H,26,29). The Hall–Kier alpha value is -1.07. The van der Waals surface area contributed by atoms with E-state index in [1.54, 1.807) is 0 Å². The van der Waals surface area contributed by atoms with Crippen molar-refractivity contribution in [2.24, 2.45) is 17.3 Å². The third kappa shape index (κ3) is 3.97. The topological polar surface area (TPSA) is 35.6 Å². The Morgan fingerprint density at radius 1 is 1.10 bits per heavy atom. The van der Waals surface area contributed by atoms with E-state index in [9.17, 15) is 4.79 Å². The van der Waals surface area contributed by atoms with Crippen LogP contribution in [-0.4, -0.2) is 47.9 Å². The Labute approximate surface area is 183 Å². The molecule has 5 aliphatic rings. The normalized spacial score (nSPS) is 36.4. The molecule has 4 saturated carbocycles. The monoisotopic (exact) mass is 459 g/mol. The zero-order valence-electron chi connectivity index (χ0n) is 17.6. The summed E-state index contributed by atoms with van der Waals surface area (Å²) in [5.74, 6) is 1.86. The van der Waals surface area contributed by atoms with Crippen LogP contribution in [0.1, 0.15) is 51.9 Å². The van der Waals surface area contributed by atoms with Crippen molar-refractivity contribution in [2.75, 3.05) is 42.9 Å². The summed E-state index contributed by atoms with van der Waals surface area (Å²) in [6, 6.07) is 8.37. The molecule has 1 amide bonds. The highest BCUT2D eigenvalue weighted by molar-refractivity contribution is 9.10. The number of halogens is 1. The predicted octanol–water partition coefficient (Wildman–Crippen LogP) is 4.89. The second-order valence-corrected chi connectivity index (χ2v) is 12.0. The summed E-state index contributed by atoms with van der Waals surface area (Å²) in [5, 5.41) is 3.31. The fourth-order valence-corrected chi connectivity index (χ4v) is 8.75. The van der Waals surface area contributed by atoms with Crippen LogP contribution in [0.25, 0.3) is 0 Å². The molecule has 1 saturated heterocycles. The summed E-state index contributed by atoms with van der Waals surface area (Å²) >= 11 is 4.08. The predicted molar refractivity (Wildman–Crippen MR) is 123 cm³/mol. The van der Waals surface area contributed by atoms with Gasteiger partial charge in [0, 0.05) is 36.9 Å². The van der Waals surface area contributed by atoms with E-state index in [0.29, 0.717) is 10.7 Å². The van der Waals surface area contributed by atoms with Crippen molar-refractivity contribution >= 4 is 33.2 Å². The maximum atomic E-state index is 13.2. The summed E-state index contributed by atoms with van der Waals surface area (Å²) in [6.07, 6.45) is 8.41. The van der Waals surface area contributed by atoms with Crippen molar-refractivity contribution in [1.82, 2.24) is 4.90 Å². The Balaban J connectivity index is 1.27. The number of rotatable bonds is 5. The highest BCUT2D eigenvalue weighted by Crippen LogP contribution is 2.65. The number of hydrogen-bond acceptors (Lipinski definition) is 3. The molecular formula is C24H34BrN3O. The van der Waals surface area contributed by atoms with Crippen LogP contribution in [0.5, 0.6) is 0 Å². The van der Waals surface area contributed by atoms with Crippen molar-refractivity contribution in [3.8, 4) is 0 Å². The summed E-state index contributed by atoms with van der Waals surface area (Å²) in [5.41, 5.74) is 2.39. The van der Waals surface area contributed by atoms with E-state index in [0.717, 1.165) is 50.2 Å². The first-order valence-electron chi connectivity index (χ1n) is 11.5. The molecule has 1 aromatic rings. The fourth-order valence-electron chi connectivity index (χ4n) is 7.24. The quantitative estimate of drug-likeness (QED) is 0.636. The highest BCUT2D eigenvalue weighted by Gasteiger charge is 2.57. The van der Waals surface area contributed by atoms with E-state index in [2.05, 4.69) is 56.2 Å². The molecule has 1 N–H and O–H groups in total. The van der Waals surface area contributed by atoms with Crippen LogP contribution in [0.4, 0.5) is 11.4 Å². The third-order valence-corrected chi connectivity index (χ3v) is 8.91. The van der Waals surface area contributed by atoms with Gasteiger partial charge in [0.05, 0.1) is 11.4 Å². The Morgan fingerprint density at radius 3 is 2.45 bits per heavy atom. The van der Waals surface area contributed by atoms with Gasteiger partial charge in [0.25, 0.3) is 0 Å². The number of carbonyl (C=O) groups excluding carboxylic acids is 1. The van der Waals surface area contributed by atoms with Crippen molar-refractivity contribution in [2.45, 2.75) is 56.2 Å². The minimum absolute atomic E-state index is 0.211. The number of piperazine rings is 1. The lowest BCUT2D eigenvalue weighted by Crippen LogP contribution is -2.53. The summed E-state index contributed by atoms with van der Waals surface area (Å²) in [7, 11) is 0. The molecule has 0 spiro atoms. The van der Waals surface area contributed by atoms with Gasteiger partial charge in [0.1, 0.15) is 0 Å². The zero-order chi connectivity index (χ0) is 20.1. The van der Waals surface area contributed by atoms with E-state index >= 15 is 0 Å². The van der Waals surface area contributed by atoms with Crippen LogP contribution < -0.4 is 10.2 Å². The van der Waals surface area contributed by atoms with E-state index in [1.165, 1.54) is 44.2 Å². The van der Waals surface area contributed by atoms with Crippen LogP contribution >= 0.6 is 15.9 Å². The van der Waals surface area contributed by atoms with Gasteiger partial charge in [-0.1, -0.05) is 35.0 Å². The van der Waals surface area contributed by atoms with Crippen molar-refractivity contribution in [3.63, 3.8) is 0 Å². The molecule has 2 atom stereocenters. The maximum Gasteiger partial charge on any atom is 0.224 e. The fraction of sp³-hybridized carbons (Fsp3) is 0.708. The van der Waals surface area contributed by atoms with Crippen molar-refractivity contribution < 1.29 is 4.79 Å². The van der Waals surface area contributed by atoms with Gasteiger partial charge in [0.2, 0.25) is 5.91 Å². The molecule has 0 radical (unpaired) electrons. The van der Waals surface area contributed by atoms with E-state index < -0.39 is 0 Å². The molecule has 29 heavy (non-hydrogen) atoms. The molecule has 1 aromatic carbocycles. The average Bonchev–Trinajstić information content (AvgIpc) is 2.66. The van der Waals surface area contributed by atoms with Gasteiger partial charge in [-0.2, -0.15) is 0 Å². The SMILES string of the molecule is CCN1CCN(c2ccccc2NC(=O)CC23CC4CC(CC(Br)(C4)C2)C3)CC1. The second kappa shape index (κ2) is 7.56. The lowest BCUT2D eigenvalue weighted by Gasteiger charge is -2.60. The number of alkyl halides is 1. The molecule has 1 heterocycles. The molecule has 5 fully saturated rings. The van der Waals surface area contributed by atoms with Gasteiger partial charge in [-0.3, -0.25) is 4.79 Å². The number of nitrogens with zero attached hydrogens (tertiary/aromatic N) is 2. The van der Waals surface area contributed by atoms with E-state index in [-0.39, 0.29) is 11.3 Å². The summed E-state index contributed by atoms with van der Waals surface area (Å²) in [4.78, 5) is 18.1. The summed E-state index contributed by atoms with van der Waals surface area (Å²) in [6.45, 7) is 7.59. The number of amides is 1. The molecule has 6 rings (SSSR count). The molecule has 158 valence electrons. The molecule has 2 unspecified atom stereocenters. The molecule has 5 heteroatoms. The van der Waals surface area contributed by atoms with Gasteiger partial charge >= 0.3 is 0 Å². The molecule has 4 aliphatic carbocycles. The van der Waals surface area contributed by atoms with E-state index in [1.807, 2.05) is 6.07 Å². The molecule has 1 aliphatic heterocycles. The number of hydrogen-bond donors (Lipinski definition) is 1. The Bertz CT molecular complexity index is 759. The maximum absolute atomic E-state index is 13.2. The largest absolute Gasteiger partial charge is 0.367 e. The number of nitrogens with one attached hydrogen (secondary N) is 1.